The van der Waals surface area contributed by atoms with Crippen LogP contribution in [0.1, 0.15) is 27.2 Å². The molecule has 0 aromatic rings. The number of nitrogens with zero attached hydrogens (tertiary/aromatic N) is 2. The zero-order chi connectivity index (χ0) is 14.7. The number of carboxylic acids is 1. The molecule has 1 N–H and O–H groups in total. The molecule has 5 heteroatoms. The average Bonchev–Trinajstić information content (AvgIpc) is 2.71. The van der Waals surface area contributed by atoms with E-state index in [1.807, 2.05) is 6.92 Å². The molecule has 0 aromatic carbocycles. The molecule has 0 amide bonds. The van der Waals surface area contributed by atoms with Crippen LogP contribution in [-0.4, -0.2) is 72.4 Å². The highest BCUT2D eigenvalue weighted by Gasteiger charge is 2.37. The van der Waals surface area contributed by atoms with Crippen molar-refractivity contribution >= 4 is 5.97 Å². The van der Waals surface area contributed by atoms with Gasteiger partial charge in [0.05, 0.1) is 18.6 Å². The van der Waals surface area contributed by atoms with Crippen LogP contribution in [0.4, 0.5) is 0 Å². The van der Waals surface area contributed by atoms with Gasteiger partial charge in [0, 0.05) is 32.2 Å². The topological polar surface area (TPSA) is 53.0 Å². The molecule has 2 saturated heterocycles. The van der Waals surface area contributed by atoms with Crippen molar-refractivity contribution < 1.29 is 14.6 Å². The van der Waals surface area contributed by atoms with Gasteiger partial charge in [0.2, 0.25) is 0 Å². The van der Waals surface area contributed by atoms with Crippen molar-refractivity contribution in [2.75, 3.05) is 39.3 Å². The summed E-state index contributed by atoms with van der Waals surface area (Å²) in [4.78, 5) is 15.9. The molecule has 2 heterocycles. The van der Waals surface area contributed by atoms with Crippen molar-refractivity contribution in [3.63, 3.8) is 0 Å². The fourth-order valence-electron chi connectivity index (χ4n) is 3.43. The first kappa shape index (κ1) is 15.7. The Morgan fingerprint density at radius 3 is 2.75 bits per heavy atom. The van der Waals surface area contributed by atoms with Gasteiger partial charge < -0.3 is 9.84 Å². The summed E-state index contributed by atoms with van der Waals surface area (Å²) in [6.45, 7) is 12.1. The SMILES string of the molecule is CC(C)CN1CCOC(CN2CCC(C(=O)O)C2C)C1. The van der Waals surface area contributed by atoms with Crippen molar-refractivity contribution in [2.24, 2.45) is 11.8 Å². The van der Waals surface area contributed by atoms with Crippen molar-refractivity contribution in [1.29, 1.82) is 0 Å². The lowest BCUT2D eigenvalue weighted by atomic mass is 10.0. The van der Waals surface area contributed by atoms with Gasteiger partial charge in [-0.05, 0) is 25.8 Å². The minimum atomic E-state index is -0.661. The molecular formula is C15H28N2O3. The summed E-state index contributed by atoms with van der Waals surface area (Å²) < 4.78 is 5.86. The molecule has 3 atom stereocenters. The highest BCUT2D eigenvalue weighted by Crippen LogP contribution is 2.25. The molecule has 3 unspecified atom stereocenters. The summed E-state index contributed by atoms with van der Waals surface area (Å²) in [6.07, 6.45) is 0.983. The first-order valence-electron chi connectivity index (χ1n) is 7.78. The molecule has 2 fully saturated rings. The van der Waals surface area contributed by atoms with Gasteiger partial charge in [-0.1, -0.05) is 13.8 Å². The van der Waals surface area contributed by atoms with Gasteiger partial charge in [0.25, 0.3) is 0 Å². The van der Waals surface area contributed by atoms with Gasteiger partial charge in [-0.15, -0.1) is 0 Å². The molecule has 0 spiro atoms. The number of morpholine rings is 1. The van der Waals surface area contributed by atoms with Crippen LogP contribution in [0.5, 0.6) is 0 Å². The summed E-state index contributed by atoms with van der Waals surface area (Å²) in [5.41, 5.74) is 0. The first-order chi connectivity index (χ1) is 9.47. The molecule has 0 bridgehead atoms. The lowest BCUT2D eigenvalue weighted by molar-refractivity contribution is -0.142. The van der Waals surface area contributed by atoms with E-state index in [1.165, 1.54) is 0 Å². The van der Waals surface area contributed by atoms with Crippen molar-refractivity contribution in [3.05, 3.63) is 0 Å². The van der Waals surface area contributed by atoms with E-state index in [-0.39, 0.29) is 18.1 Å². The van der Waals surface area contributed by atoms with Crippen LogP contribution in [-0.2, 0) is 9.53 Å². The van der Waals surface area contributed by atoms with E-state index in [9.17, 15) is 9.90 Å². The third kappa shape index (κ3) is 3.93. The summed E-state index contributed by atoms with van der Waals surface area (Å²) in [6, 6.07) is 0.122. The molecule has 20 heavy (non-hydrogen) atoms. The monoisotopic (exact) mass is 284 g/mol. The number of carboxylic acid groups (broad SMARTS) is 1. The highest BCUT2D eigenvalue weighted by molar-refractivity contribution is 5.71. The number of likely N-dealkylation sites (tertiary alicyclic amines) is 1. The third-order valence-electron chi connectivity index (χ3n) is 4.49. The van der Waals surface area contributed by atoms with Crippen LogP contribution in [0.25, 0.3) is 0 Å². The minimum absolute atomic E-state index is 0.122. The Bertz CT molecular complexity index is 335. The quantitative estimate of drug-likeness (QED) is 0.820. The number of hydrogen-bond donors (Lipinski definition) is 1. The molecule has 0 radical (unpaired) electrons. The largest absolute Gasteiger partial charge is 0.481 e. The van der Waals surface area contributed by atoms with E-state index >= 15 is 0 Å². The van der Waals surface area contributed by atoms with E-state index in [0.29, 0.717) is 5.92 Å². The van der Waals surface area contributed by atoms with E-state index < -0.39 is 5.97 Å². The summed E-state index contributed by atoms with van der Waals surface area (Å²) >= 11 is 0. The molecule has 5 nitrogen and oxygen atoms in total. The summed E-state index contributed by atoms with van der Waals surface area (Å²) in [5.74, 6) is -0.202. The normalized spacial score (nSPS) is 32.9. The predicted molar refractivity (Wildman–Crippen MR) is 77.8 cm³/mol. The van der Waals surface area contributed by atoms with Crippen molar-refractivity contribution in [2.45, 2.75) is 39.3 Å². The van der Waals surface area contributed by atoms with E-state index in [1.54, 1.807) is 0 Å². The fraction of sp³-hybridized carbons (Fsp3) is 0.933. The van der Waals surface area contributed by atoms with Crippen LogP contribution < -0.4 is 0 Å². The fourth-order valence-corrected chi connectivity index (χ4v) is 3.43. The number of aliphatic carboxylic acids is 1. The second-order valence-corrected chi connectivity index (χ2v) is 6.62. The van der Waals surface area contributed by atoms with Gasteiger partial charge in [0.1, 0.15) is 0 Å². The molecule has 116 valence electrons. The number of rotatable bonds is 5. The van der Waals surface area contributed by atoms with Crippen LogP contribution >= 0.6 is 0 Å². The summed E-state index contributed by atoms with van der Waals surface area (Å²) in [5, 5.41) is 9.18. The Hall–Kier alpha value is -0.650. The van der Waals surface area contributed by atoms with Gasteiger partial charge in [0.15, 0.2) is 0 Å². The lowest BCUT2D eigenvalue weighted by Crippen LogP contribution is -2.49. The maximum Gasteiger partial charge on any atom is 0.308 e. The van der Waals surface area contributed by atoms with E-state index in [0.717, 1.165) is 45.8 Å². The van der Waals surface area contributed by atoms with Crippen molar-refractivity contribution in [1.82, 2.24) is 9.80 Å². The molecule has 0 aromatic heterocycles. The van der Waals surface area contributed by atoms with Gasteiger partial charge in [-0.25, -0.2) is 0 Å². The second-order valence-electron chi connectivity index (χ2n) is 6.62. The zero-order valence-electron chi connectivity index (χ0n) is 12.9. The number of carbonyl (C=O) groups is 1. The number of ether oxygens (including phenoxy) is 1. The molecule has 0 aliphatic carbocycles. The molecule has 2 aliphatic heterocycles. The Balaban J connectivity index is 1.83. The van der Waals surface area contributed by atoms with E-state index in [2.05, 4.69) is 23.6 Å². The molecule has 2 rings (SSSR count). The maximum atomic E-state index is 11.2. The van der Waals surface area contributed by atoms with Crippen LogP contribution in [0.15, 0.2) is 0 Å². The standard InChI is InChI=1S/C15H28N2O3/c1-11(2)8-16-6-7-20-13(9-16)10-17-5-4-14(12(17)3)15(18)19/h11-14H,4-10H2,1-3H3,(H,18,19). The van der Waals surface area contributed by atoms with Crippen molar-refractivity contribution in [3.8, 4) is 0 Å². The van der Waals surface area contributed by atoms with Crippen LogP contribution in [0.2, 0.25) is 0 Å². The Morgan fingerprint density at radius 1 is 1.40 bits per heavy atom. The Kier molecular flexibility index (Phi) is 5.41. The van der Waals surface area contributed by atoms with Gasteiger partial charge in [-0.3, -0.25) is 14.6 Å². The second kappa shape index (κ2) is 6.87. The minimum Gasteiger partial charge on any atom is -0.481 e. The van der Waals surface area contributed by atoms with E-state index in [4.69, 9.17) is 4.74 Å². The Labute approximate surface area is 121 Å². The molecule has 2 aliphatic rings. The zero-order valence-corrected chi connectivity index (χ0v) is 12.9. The average molecular weight is 284 g/mol. The smallest absolute Gasteiger partial charge is 0.308 e. The molecular weight excluding hydrogens is 256 g/mol. The molecule has 0 saturated carbocycles. The number of hydrogen-bond acceptors (Lipinski definition) is 4. The van der Waals surface area contributed by atoms with Crippen LogP contribution in [0, 0.1) is 11.8 Å². The first-order valence-corrected chi connectivity index (χ1v) is 7.78. The maximum absolute atomic E-state index is 11.2. The highest BCUT2D eigenvalue weighted by atomic mass is 16.5. The van der Waals surface area contributed by atoms with Gasteiger partial charge in [-0.2, -0.15) is 0 Å². The predicted octanol–water partition coefficient (Wildman–Crippen LogP) is 1.14. The lowest BCUT2D eigenvalue weighted by Gasteiger charge is -2.36. The third-order valence-corrected chi connectivity index (χ3v) is 4.49. The summed E-state index contributed by atoms with van der Waals surface area (Å²) in [7, 11) is 0. The van der Waals surface area contributed by atoms with Gasteiger partial charge >= 0.3 is 5.97 Å². The van der Waals surface area contributed by atoms with Crippen LogP contribution in [0.3, 0.4) is 0 Å². The Morgan fingerprint density at radius 2 is 2.15 bits per heavy atom.